The van der Waals surface area contributed by atoms with Crippen molar-refractivity contribution in [1.82, 2.24) is 4.90 Å². The fourth-order valence-electron chi connectivity index (χ4n) is 2.45. The minimum atomic E-state index is -0.355. The summed E-state index contributed by atoms with van der Waals surface area (Å²) >= 11 is 5.77. The summed E-state index contributed by atoms with van der Waals surface area (Å²) in [4.78, 5) is 14.3. The topological polar surface area (TPSA) is 29.5 Å². The van der Waals surface area contributed by atoms with E-state index in [1.807, 2.05) is 29.2 Å². The maximum absolute atomic E-state index is 12.4. The van der Waals surface area contributed by atoms with Crippen molar-refractivity contribution in [2.75, 3.05) is 12.4 Å². The number of alkyl halides is 1. The van der Waals surface area contributed by atoms with Gasteiger partial charge in [-0.15, -0.1) is 11.6 Å². The van der Waals surface area contributed by atoms with E-state index in [9.17, 15) is 4.79 Å². The third kappa shape index (κ3) is 2.19. The van der Waals surface area contributed by atoms with Gasteiger partial charge in [-0.2, -0.15) is 0 Å². The van der Waals surface area contributed by atoms with Crippen molar-refractivity contribution in [3.05, 3.63) is 29.8 Å². The molecule has 2 aliphatic rings. The maximum atomic E-state index is 12.4. The zero-order valence-corrected chi connectivity index (χ0v) is 10.9. The summed E-state index contributed by atoms with van der Waals surface area (Å²) in [6.07, 6.45) is 2.52. The van der Waals surface area contributed by atoms with Crippen LogP contribution >= 0.6 is 11.6 Å². The summed E-state index contributed by atoms with van der Waals surface area (Å²) in [5, 5.41) is 0. The highest BCUT2D eigenvalue weighted by molar-refractivity contribution is 6.18. The summed E-state index contributed by atoms with van der Waals surface area (Å²) < 4.78 is 5.74. The Kier molecular flexibility index (Phi) is 3.16. The molecule has 1 heterocycles. The SMILES string of the molecule is O=C(C1Cc2ccccc2O1)N(CCCl)C1CC1. The Hall–Kier alpha value is -1.22. The molecule has 1 fully saturated rings. The lowest BCUT2D eigenvalue weighted by Crippen LogP contribution is -2.43. The molecule has 0 bridgehead atoms. The predicted molar refractivity (Wildman–Crippen MR) is 70.0 cm³/mol. The van der Waals surface area contributed by atoms with Crippen LogP contribution in [-0.4, -0.2) is 35.4 Å². The maximum Gasteiger partial charge on any atom is 0.264 e. The lowest BCUT2D eigenvalue weighted by atomic mass is 10.1. The van der Waals surface area contributed by atoms with E-state index in [-0.39, 0.29) is 12.0 Å². The highest BCUT2D eigenvalue weighted by Gasteiger charge is 2.38. The fourth-order valence-corrected chi connectivity index (χ4v) is 2.64. The smallest absolute Gasteiger partial charge is 0.264 e. The van der Waals surface area contributed by atoms with Gasteiger partial charge >= 0.3 is 0 Å². The summed E-state index contributed by atoms with van der Waals surface area (Å²) in [5.41, 5.74) is 1.12. The first-order valence-corrected chi connectivity index (χ1v) is 6.94. The molecule has 1 unspecified atom stereocenters. The molecule has 1 amide bonds. The number of benzene rings is 1. The highest BCUT2D eigenvalue weighted by atomic mass is 35.5. The van der Waals surface area contributed by atoms with Gasteiger partial charge < -0.3 is 9.64 Å². The van der Waals surface area contributed by atoms with E-state index < -0.39 is 0 Å². The van der Waals surface area contributed by atoms with E-state index in [1.54, 1.807) is 0 Å². The third-order valence-electron chi connectivity index (χ3n) is 3.52. The van der Waals surface area contributed by atoms with Crippen molar-refractivity contribution < 1.29 is 9.53 Å². The summed E-state index contributed by atoms with van der Waals surface area (Å²) in [6, 6.07) is 8.25. The molecule has 0 radical (unpaired) electrons. The van der Waals surface area contributed by atoms with Gasteiger partial charge in [-0.3, -0.25) is 4.79 Å². The van der Waals surface area contributed by atoms with Crippen molar-refractivity contribution in [3.8, 4) is 5.75 Å². The van der Waals surface area contributed by atoms with Crippen LogP contribution in [0.15, 0.2) is 24.3 Å². The molecule has 96 valence electrons. The molecule has 3 rings (SSSR count). The number of nitrogens with zero attached hydrogens (tertiary/aromatic N) is 1. The molecular weight excluding hydrogens is 250 g/mol. The molecule has 0 spiro atoms. The largest absolute Gasteiger partial charge is 0.480 e. The number of hydrogen-bond donors (Lipinski definition) is 0. The Bertz CT molecular complexity index is 434. The Morgan fingerprint density at radius 1 is 1.39 bits per heavy atom. The van der Waals surface area contributed by atoms with E-state index in [1.165, 1.54) is 0 Å². The molecule has 1 aromatic rings. The van der Waals surface area contributed by atoms with Crippen LogP contribution in [0.4, 0.5) is 0 Å². The van der Waals surface area contributed by atoms with Crippen molar-refractivity contribution in [2.45, 2.75) is 31.4 Å². The number of carbonyl (C=O) groups is 1. The first-order chi connectivity index (χ1) is 8.79. The van der Waals surface area contributed by atoms with Gasteiger partial charge in [0.1, 0.15) is 5.75 Å². The van der Waals surface area contributed by atoms with Crippen molar-refractivity contribution in [2.24, 2.45) is 0 Å². The number of rotatable bonds is 4. The number of amides is 1. The van der Waals surface area contributed by atoms with E-state index >= 15 is 0 Å². The second kappa shape index (κ2) is 4.81. The van der Waals surface area contributed by atoms with Gasteiger partial charge in [0.2, 0.25) is 0 Å². The lowest BCUT2D eigenvalue weighted by Gasteiger charge is -2.24. The third-order valence-corrected chi connectivity index (χ3v) is 3.69. The number of fused-ring (bicyclic) bond motifs is 1. The van der Waals surface area contributed by atoms with Crippen LogP contribution < -0.4 is 4.74 Å². The number of ether oxygens (including phenoxy) is 1. The molecule has 0 aromatic heterocycles. The predicted octanol–water partition coefficient (Wildman–Crippen LogP) is 2.22. The number of carbonyl (C=O) groups excluding carboxylic acids is 1. The van der Waals surface area contributed by atoms with Gasteiger partial charge in [0.05, 0.1) is 0 Å². The zero-order chi connectivity index (χ0) is 12.5. The minimum Gasteiger partial charge on any atom is -0.480 e. The molecule has 1 saturated carbocycles. The number of hydrogen-bond acceptors (Lipinski definition) is 2. The van der Waals surface area contributed by atoms with E-state index in [0.29, 0.717) is 24.9 Å². The van der Waals surface area contributed by atoms with E-state index in [0.717, 1.165) is 24.2 Å². The van der Waals surface area contributed by atoms with E-state index in [2.05, 4.69) is 0 Å². The monoisotopic (exact) mass is 265 g/mol. The molecule has 0 N–H and O–H groups in total. The van der Waals surface area contributed by atoms with Crippen LogP contribution in [0.2, 0.25) is 0 Å². The van der Waals surface area contributed by atoms with Gasteiger partial charge in [0.15, 0.2) is 6.10 Å². The Labute approximate surface area is 112 Å². The fraction of sp³-hybridized carbons (Fsp3) is 0.500. The first kappa shape index (κ1) is 11.8. The van der Waals surface area contributed by atoms with Gasteiger partial charge in [-0.05, 0) is 24.5 Å². The molecule has 4 heteroatoms. The van der Waals surface area contributed by atoms with Gasteiger partial charge in [0, 0.05) is 24.9 Å². The molecule has 1 aromatic carbocycles. The molecule has 1 atom stereocenters. The highest BCUT2D eigenvalue weighted by Crippen LogP contribution is 2.32. The second-order valence-corrected chi connectivity index (χ2v) is 5.25. The average Bonchev–Trinajstić information content (AvgIpc) is 3.13. The molecule has 1 aliphatic carbocycles. The van der Waals surface area contributed by atoms with Crippen LogP contribution in [0.5, 0.6) is 5.75 Å². The number of para-hydroxylation sites is 1. The quantitative estimate of drug-likeness (QED) is 0.782. The van der Waals surface area contributed by atoms with E-state index in [4.69, 9.17) is 16.3 Å². The minimum absolute atomic E-state index is 0.0920. The van der Waals surface area contributed by atoms with Crippen molar-refractivity contribution >= 4 is 17.5 Å². The summed E-state index contributed by atoms with van der Waals surface area (Å²) in [7, 11) is 0. The molecule has 1 aliphatic heterocycles. The number of halogens is 1. The molecule has 3 nitrogen and oxygen atoms in total. The van der Waals surface area contributed by atoms with Crippen LogP contribution in [0.3, 0.4) is 0 Å². The second-order valence-electron chi connectivity index (χ2n) is 4.87. The van der Waals surface area contributed by atoms with Crippen LogP contribution in [-0.2, 0) is 11.2 Å². The first-order valence-electron chi connectivity index (χ1n) is 6.40. The van der Waals surface area contributed by atoms with Crippen LogP contribution in [0, 0.1) is 0 Å². The lowest BCUT2D eigenvalue weighted by molar-refractivity contribution is -0.138. The normalized spacial score (nSPS) is 21.3. The standard InChI is InChI=1S/C14H16ClNO2/c15-7-8-16(11-5-6-11)14(17)13-9-10-3-1-2-4-12(10)18-13/h1-4,11,13H,5-9H2. The zero-order valence-electron chi connectivity index (χ0n) is 10.1. The Balaban J connectivity index is 1.71. The average molecular weight is 266 g/mol. The van der Waals surface area contributed by atoms with Crippen molar-refractivity contribution in [1.29, 1.82) is 0 Å². The van der Waals surface area contributed by atoms with Crippen LogP contribution in [0.25, 0.3) is 0 Å². The molecule has 0 saturated heterocycles. The Morgan fingerprint density at radius 2 is 2.17 bits per heavy atom. The summed E-state index contributed by atoms with van der Waals surface area (Å²) in [5.74, 6) is 1.42. The Morgan fingerprint density at radius 3 is 2.83 bits per heavy atom. The van der Waals surface area contributed by atoms with Crippen LogP contribution in [0.1, 0.15) is 18.4 Å². The molecule has 18 heavy (non-hydrogen) atoms. The van der Waals surface area contributed by atoms with Gasteiger partial charge in [-0.25, -0.2) is 0 Å². The van der Waals surface area contributed by atoms with Gasteiger partial charge in [0.25, 0.3) is 5.91 Å². The molecular formula is C14H16ClNO2. The summed E-state index contributed by atoms with van der Waals surface area (Å²) in [6.45, 7) is 0.626. The van der Waals surface area contributed by atoms with Crippen molar-refractivity contribution in [3.63, 3.8) is 0 Å². The van der Waals surface area contributed by atoms with Gasteiger partial charge in [-0.1, -0.05) is 18.2 Å².